The Hall–Kier alpha value is -2.55. The van der Waals surface area contributed by atoms with Crippen LogP contribution in [0.25, 0.3) is 6.08 Å². The molecule has 0 saturated carbocycles. The number of carbonyl (C=O) groups is 1. The van der Waals surface area contributed by atoms with Gasteiger partial charge in [0.25, 0.3) is 0 Å². The number of ether oxygens (including phenoxy) is 2. The van der Waals surface area contributed by atoms with Crippen LogP contribution in [0.5, 0.6) is 11.5 Å². The lowest BCUT2D eigenvalue weighted by Gasteiger charge is -2.06. The van der Waals surface area contributed by atoms with Crippen molar-refractivity contribution in [3.05, 3.63) is 65.7 Å². The molecule has 0 N–H and O–H groups in total. The average Bonchev–Trinajstić information content (AvgIpc) is 2.55. The van der Waals surface area contributed by atoms with Gasteiger partial charge in [-0.3, -0.25) is 0 Å². The highest BCUT2D eigenvalue weighted by Crippen LogP contribution is 2.19. The highest BCUT2D eigenvalue weighted by atomic mass is 16.5. The molecule has 0 atom stereocenters. The van der Waals surface area contributed by atoms with Crippen LogP contribution in [0, 0.1) is 0 Å². The predicted octanol–water partition coefficient (Wildman–Crippen LogP) is 4.83. The van der Waals surface area contributed by atoms with Crippen molar-refractivity contribution < 1.29 is 14.3 Å². The van der Waals surface area contributed by atoms with Crippen LogP contribution in [-0.4, -0.2) is 12.6 Å². The Morgan fingerprint density at radius 3 is 2.17 bits per heavy atom. The minimum absolute atomic E-state index is 0.392. The number of hydrogen-bond acceptors (Lipinski definition) is 3. The van der Waals surface area contributed by atoms with Crippen LogP contribution in [0.15, 0.2) is 54.6 Å². The SMILES string of the molecule is CCOc1ccc(/C=C/C(=O)Oc2ccc(C(C)C)cc2)cc1. The summed E-state index contributed by atoms with van der Waals surface area (Å²) in [6.07, 6.45) is 3.15. The quantitative estimate of drug-likeness (QED) is 0.435. The van der Waals surface area contributed by atoms with Gasteiger partial charge in [-0.1, -0.05) is 38.1 Å². The normalized spacial score (nSPS) is 11.0. The van der Waals surface area contributed by atoms with Crippen molar-refractivity contribution in [1.29, 1.82) is 0 Å². The lowest BCUT2D eigenvalue weighted by atomic mass is 10.0. The first-order valence-electron chi connectivity index (χ1n) is 7.81. The summed E-state index contributed by atoms with van der Waals surface area (Å²) in [5.41, 5.74) is 2.13. The number of rotatable bonds is 6. The monoisotopic (exact) mass is 310 g/mol. The van der Waals surface area contributed by atoms with E-state index in [2.05, 4.69) is 13.8 Å². The molecule has 0 radical (unpaired) electrons. The Balaban J connectivity index is 1.93. The molecule has 0 fully saturated rings. The first-order chi connectivity index (χ1) is 11.1. The van der Waals surface area contributed by atoms with Crippen molar-refractivity contribution >= 4 is 12.0 Å². The molecule has 0 bridgehead atoms. The van der Waals surface area contributed by atoms with Crippen molar-refractivity contribution in [3.8, 4) is 11.5 Å². The van der Waals surface area contributed by atoms with Gasteiger partial charge in [-0.2, -0.15) is 0 Å². The number of hydrogen-bond donors (Lipinski definition) is 0. The molecule has 3 nitrogen and oxygen atoms in total. The number of esters is 1. The van der Waals surface area contributed by atoms with Gasteiger partial charge in [0.1, 0.15) is 11.5 Å². The van der Waals surface area contributed by atoms with E-state index >= 15 is 0 Å². The van der Waals surface area contributed by atoms with E-state index in [1.165, 1.54) is 11.6 Å². The Morgan fingerprint density at radius 1 is 1.00 bits per heavy atom. The molecule has 0 aliphatic carbocycles. The zero-order valence-corrected chi connectivity index (χ0v) is 13.8. The molecule has 0 saturated heterocycles. The third kappa shape index (κ3) is 5.29. The third-order valence-electron chi connectivity index (χ3n) is 3.37. The Labute approximate surface area is 137 Å². The average molecular weight is 310 g/mol. The van der Waals surface area contributed by atoms with Gasteiger partial charge in [-0.15, -0.1) is 0 Å². The van der Waals surface area contributed by atoms with Crippen molar-refractivity contribution in [2.45, 2.75) is 26.7 Å². The highest BCUT2D eigenvalue weighted by molar-refractivity contribution is 5.88. The summed E-state index contributed by atoms with van der Waals surface area (Å²) in [5.74, 6) is 1.43. The summed E-state index contributed by atoms with van der Waals surface area (Å²) in [4.78, 5) is 11.8. The summed E-state index contributed by atoms with van der Waals surface area (Å²) in [7, 11) is 0. The van der Waals surface area contributed by atoms with E-state index in [0.29, 0.717) is 18.3 Å². The van der Waals surface area contributed by atoms with E-state index in [4.69, 9.17) is 9.47 Å². The second kappa shape index (κ2) is 8.18. The second-order valence-electron chi connectivity index (χ2n) is 5.48. The van der Waals surface area contributed by atoms with Gasteiger partial charge < -0.3 is 9.47 Å². The van der Waals surface area contributed by atoms with E-state index in [9.17, 15) is 4.79 Å². The van der Waals surface area contributed by atoms with Gasteiger partial charge in [0.05, 0.1) is 6.61 Å². The van der Waals surface area contributed by atoms with Crippen LogP contribution in [0.3, 0.4) is 0 Å². The molecule has 0 aliphatic heterocycles. The molecular weight excluding hydrogens is 288 g/mol. The standard InChI is InChI=1S/C20H22O3/c1-4-22-18-10-5-16(6-11-18)7-14-20(21)23-19-12-8-17(9-13-19)15(2)3/h5-15H,4H2,1-3H3/b14-7+. The van der Waals surface area contributed by atoms with Gasteiger partial charge in [-0.25, -0.2) is 4.79 Å². The molecule has 2 aromatic carbocycles. The molecule has 0 aliphatic rings. The lowest BCUT2D eigenvalue weighted by Crippen LogP contribution is -2.03. The zero-order valence-electron chi connectivity index (χ0n) is 13.8. The van der Waals surface area contributed by atoms with Gasteiger partial charge >= 0.3 is 5.97 Å². The van der Waals surface area contributed by atoms with Crippen LogP contribution in [0.4, 0.5) is 0 Å². The maximum absolute atomic E-state index is 11.8. The molecule has 120 valence electrons. The van der Waals surface area contributed by atoms with Gasteiger partial charge in [0.2, 0.25) is 0 Å². The van der Waals surface area contributed by atoms with E-state index in [-0.39, 0.29) is 0 Å². The second-order valence-corrected chi connectivity index (χ2v) is 5.48. The summed E-state index contributed by atoms with van der Waals surface area (Å²) in [5, 5.41) is 0. The summed E-state index contributed by atoms with van der Waals surface area (Å²) >= 11 is 0. The van der Waals surface area contributed by atoms with Crippen molar-refractivity contribution in [2.75, 3.05) is 6.61 Å². The van der Waals surface area contributed by atoms with Gasteiger partial charge in [-0.05, 0) is 54.3 Å². The minimum atomic E-state index is -0.392. The van der Waals surface area contributed by atoms with Gasteiger partial charge in [0.15, 0.2) is 0 Å². The molecule has 0 amide bonds. The molecule has 3 heteroatoms. The molecule has 0 unspecified atom stereocenters. The number of benzene rings is 2. The van der Waals surface area contributed by atoms with Crippen LogP contribution in [0.1, 0.15) is 37.8 Å². The third-order valence-corrected chi connectivity index (χ3v) is 3.37. The van der Waals surface area contributed by atoms with Crippen LogP contribution in [-0.2, 0) is 4.79 Å². The molecular formula is C20H22O3. The van der Waals surface area contributed by atoms with E-state index < -0.39 is 5.97 Å². The van der Waals surface area contributed by atoms with Crippen molar-refractivity contribution in [2.24, 2.45) is 0 Å². The Morgan fingerprint density at radius 2 is 1.61 bits per heavy atom. The fourth-order valence-electron chi connectivity index (χ4n) is 2.08. The smallest absolute Gasteiger partial charge is 0.336 e. The van der Waals surface area contributed by atoms with E-state index in [1.807, 2.05) is 55.5 Å². The van der Waals surface area contributed by atoms with Crippen molar-refractivity contribution in [1.82, 2.24) is 0 Å². The zero-order chi connectivity index (χ0) is 16.7. The molecule has 0 spiro atoms. The highest BCUT2D eigenvalue weighted by Gasteiger charge is 2.03. The minimum Gasteiger partial charge on any atom is -0.494 e. The van der Waals surface area contributed by atoms with E-state index in [1.54, 1.807) is 6.08 Å². The molecule has 23 heavy (non-hydrogen) atoms. The fraction of sp³-hybridized carbons (Fsp3) is 0.250. The maximum atomic E-state index is 11.8. The predicted molar refractivity (Wildman–Crippen MR) is 92.8 cm³/mol. The summed E-state index contributed by atoms with van der Waals surface area (Å²) in [6.45, 7) is 6.83. The molecule has 0 aromatic heterocycles. The topological polar surface area (TPSA) is 35.5 Å². The van der Waals surface area contributed by atoms with Crippen molar-refractivity contribution in [3.63, 3.8) is 0 Å². The maximum Gasteiger partial charge on any atom is 0.336 e. The summed E-state index contributed by atoms with van der Waals surface area (Å²) in [6, 6.07) is 15.1. The lowest BCUT2D eigenvalue weighted by molar-refractivity contribution is -0.128. The van der Waals surface area contributed by atoms with Crippen LogP contribution >= 0.6 is 0 Å². The largest absolute Gasteiger partial charge is 0.494 e. The van der Waals surface area contributed by atoms with E-state index in [0.717, 1.165) is 11.3 Å². The Kier molecular flexibility index (Phi) is 5.98. The van der Waals surface area contributed by atoms with Crippen LogP contribution in [0.2, 0.25) is 0 Å². The van der Waals surface area contributed by atoms with Crippen LogP contribution < -0.4 is 9.47 Å². The molecule has 2 aromatic rings. The summed E-state index contributed by atoms with van der Waals surface area (Å²) < 4.78 is 10.7. The van der Waals surface area contributed by atoms with Gasteiger partial charge in [0, 0.05) is 6.08 Å². The first kappa shape index (κ1) is 16.8. The number of carbonyl (C=O) groups excluding carboxylic acids is 1. The molecule has 0 heterocycles. The molecule has 2 rings (SSSR count). The fourth-order valence-corrected chi connectivity index (χ4v) is 2.08. The Bertz CT molecular complexity index is 652. The first-order valence-corrected chi connectivity index (χ1v) is 7.81.